The van der Waals surface area contributed by atoms with Gasteiger partial charge >= 0.3 is 0 Å². The lowest BCUT2D eigenvalue weighted by Gasteiger charge is -2.45. The molecule has 2 aromatic carbocycles. The van der Waals surface area contributed by atoms with Gasteiger partial charge in [-0.1, -0.05) is 81.4 Å². The molecule has 2 heterocycles. The topological polar surface area (TPSA) is 66.4 Å². The Bertz CT molecular complexity index is 889. The largest absolute Gasteiger partial charge is 0.404 e. The fourth-order valence-corrected chi connectivity index (χ4v) is 9.90. The summed E-state index contributed by atoms with van der Waals surface area (Å²) >= 11 is 0. The average Bonchev–Trinajstić information content (AvgIpc) is 3.22. The van der Waals surface area contributed by atoms with Gasteiger partial charge in [0, 0.05) is 7.11 Å². The number of methoxy groups -OCH3 is 1. The van der Waals surface area contributed by atoms with E-state index in [-0.39, 0.29) is 18.3 Å². The Labute approximate surface area is 197 Å². The maximum absolute atomic E-state index is 10.6. The number of aliphatic hydroxyl groups is 1. The maximum Gasteiger partial charge on any atom is 0.261 e. The van der Waals surface area contributed by atoms with Crippen molar-refractivity contribution in [3.8, 4) is 0 Å². The van der Waals surface area contributed by atoms with E-state index in [1.165, 1.54) is 0 Å². The summed E-state index contributed by atoms with van der Waals surface area (Å²) in [6, 6.07) is 20.8. The van der Waals surface area contributed by atoms with E-state index in [4.69, 9.17) is 23.4 Å². The number of benzene rings is 2. The highest BCUT2D eigenvalue weighted by Gasteiger charge is 2.63. The van der Waals surface area contributed by atoms with Crippen LogP contribution in [-0.4, -0.2) is 63.6 Å². The number of ether oxygens (including phenoxy) is 4. The number of hydrogen-bond donors (Lipinski definition) is 1. The minimum absolute atomic E-state index is 0.148. The standard InChI is InChI=1S/C26H36O6Si/c1-24(2,3)33(19-13-9-7-10-14-19,20-15-11-8-12-16-20)29-18-26(17-27)22(28-6)21-23(32-26)31-25(4,5)30-21/h7-16,21-23,27H,17-18H2,1-6H3/t21-,22-,23+,26+/m1/s1. The first-order valence-electron chi connectivity index (χ1n) is 11.5. The molecular weight excluding hydrogens is 436 g/mol. The Morgan fingerprint density at radius 3 is 1.91 bits per heavy atom. The van der Waals surface area contributed by atoms with E-state index in [1.54, 1.807) is 7.11 Å². The number of rotatable bonds is 7. The smallest absolute Gasteiger partial charge is 0.261 e. The Hall–Kier alpha value is -1.58. The van der Waals surface area contributed by atoms with E-state index in [2.05, 4.69) is 69.3 Å². The summed E-state index contributed by atoms with van der Waals surface area (Å²) in [5, 5.41) is 12.7. The maximum atomic E-state index is 10.6. The molecule has 7 heteroatoms. The van der Waals surface area contributed by atoms with Gasteiger partial charge in [0.05, 0.1) is 13.2 Å². The summed E-state index contributed by atoms with van der Waals surface area (Å²) in [5.41, 5.74) is -1.10. The lowest BCUT2D eigenvalue weighted by atomic mass is 9.97. The van der Waals surface area contributed by atoms with Crippen molar-refractivity contribution >= 4 is 18.7 Å². The van der Waals surface area contributed by atoms with Crippen LogP contribution in [0.1, 0.15) is 34.6 Å². The molecule has 33 heavy (non-hydrogen) atoms. The van der Waals surface area contributed by atoms with Gasteiger partial charge in [0.15, 0.2) is 12.1 Å². The SMILES string of the molecule is CO[C@@H]1[C@H]2OC(C)(C)O[C@H]2O[C@@]1(CO)CO[Si](c1ccccc1)(c1ccccc1)C(C)(C)C. The van der Waals surface area contributed by atoms with E-state index in [9.17, 15) is 5.11 Å². The molecule has 4 rings (SSSR count). The third-order valence-corrected chi connectivity index (χ3v) is 11.7. The molecule has 0 aliphatic carbocycles. The van der Waals surface area contributed by atoms with E-state index >= 15 is 0 Å². The molecule has 0 unspecified atom stereocenters. The normalized spacial score (nSPS) is 29.2. The minimum Gasteiger partial charge on any atom is -0.404 e. The Kier molecular flexibility index (Phi) is 6.61. The quantitative estimate of drug-likeness (QED) is 0.625. The molecule has 2 aliphatic rings. The fourth-order valence-electron chi connectivity index (χ4n) is 5.28. The molecule has 0 radical (unpaired) electrons. The first kappa shape index (κ1) is 24.5. The van der Waals surface area contributed by atoms with Gasteiger partial charge in [-0.15, -0.1) is 0 Å². The van der Waals surface area contributed by atoms with Gasteiger partial charge in [-0.2, -0.15) is 0 Å². The highest BCUT2D eigenvalue weighted by Crippen LogP contribution is 2.45. The molecule has 2 saturated heterocycles. The van der Waals surface area contributed by atoms with Crippen LogP contribution in [0, 0.1) is 0 Å². The molecule has 0 bridgehead atoms. The van der Waals surface area contributed by atoms with E-state index in [0.717, 1.165) is 10.4 Å². The van der Waals surface area contributed by atoms with Crippen molar-refractivity contribution in [2.45, 2.75) is 69.5 Å². The monoisotopic (exact) mass is 472 g/mol. The van der Waals surface area contributed by atoms with Crippen LogP contribution < -0.4 is 10.4 Å². The van der Waals surface area contributed by atoms with Gasteiger partial charge in [-0.05, 0) is 29.3 Å². The van der Waals surface area contributed by atoms with Crippen LogP contribution in [0.5, 0.6) is 0 Å². The summed E-state index contributed by atoms with van der Waals surface area (Å²) in [5.74, 6) is -0.771. The van der Waals surface area contributed by atoms with Gasteiger partial charge in [0.25, 0.3) is 8.32 Å². The van der Waals surface area contributed by atoms with Crippen LogP contribution in [0.25, 0.3) is 0 Å². The molecule has 180 valence electrons. The van der Waals surface area contributed by atoms with Gasteiger partial charge in [0.1, 0.15) is 17.8 Å². The molecule has 2 aliphatic heterocycles. The van der Waals surface area contributed by atoms with Crippen molar-refractivity contribution < 1.29 is 28.5 Å². The molecule has 0 aromatic heterocycles. The third kappa shape index (κ3) is 4.21. The first-order valence-corrected chi connectivity index (χ1v) is 13.4. The van der Waals surface area contributed by atoms with Gasteiger partial charge in [0.2, 0.25) is 0 Å². The number of hydrogen-bond acceptors (Lipinski definition) is 6. The Morgan fingerprint density at radius 1 is 0.909 bits per heavy atom. The highest BCUT2D eigenvalue weighted by atomic mass is 28.4. The van der Waals surface area contributed by atoms with Crippen LogP contribution in [0.3, 0.4) is 0 Å². The second-order valence-electron chi connectivity index (χ2n) is 10.4. The molecule has 0 amide bonds. The molecule has 2 aromatic rings. The summed E-state index contributed by atoms with van der Waals surface area (Å²) in [4.78, 5) is 0. The predicted molar refractivity (Wildman–Crippen MR) is 129 cm³/mol. The second kappa shape index (κ2) is 8.89. The van der Waals surface area contributed by atoms with Gasteiger partial charge in [-0.25, -0.2) is 0 Å². The van der Waals surface area contributed by atoms with Crippen molar-refractivity contribution in [1.29, 1.82) is 0 Å². The van der Waals surface area contributed by atoms with Crippen LogP contribution >= 0.6 is 0 Å². The van der Waals surface area contributed by atoms with Crippen LogP contribution in [0.2, 0.25) is 5.04 Å². The lowest BCUT2D eigenvalue weighted by molar-refractivity contribution is -0.253. The van der Waals surface area contributed by atoms with E-state index in [0.29, 0.717) is 0 Å². The van der Waals surface area contributed by atoms with Crippen molar-refractivity contribution in [2.24, 2.45) is 0 Å². The third-order valence-electron chi connectivity index (χ3n) is 6.73. The van der Waals surface area contributed by atoms with Crippen molar-refractivity contribution in [3.05, 3.63) is 60.7 Å². The molecule has 2 fully saturated rings. The lowest BCUT2D eigenvalue weighted by Crippen LogP contribution is -2.68. The zero-order valence-corrected chi connectivity index (χ0v) is 21.4. The molecule has 1 N–H and O–H groups in total. The molecule has 4 atom stereocenters. The van der Waals surface area contributed by atoms with Crippen molar-refractivity contribution in [1.82, 2.24) is 0 Å². The predicted octanol–water partition coefficient (Wildman–Crippen LogP) is 2.82. The van der Waals surface area contributed by atoms with Crippen molar-refractivity contribution in [2.75, 3.05) is 20.3 Å². The molecule has 0 saturated carbocycles. The number of aliphatic hydroxyl groups excluding tert-OH is 1. The van der Waals surface area contributed by atoms with Crippen LogP contribution in [0.15, 0.2) is 60.7 Å². The summed E-state index contributed by atoms with van der Waals surface area (Å²) in [6.07, 6.45) is -1.60. The number of fused-ring (bicyclic) bond motifs is 1. The van der Waals surface area contributed by atoms with E-state index < -0.39 is 38.2 Å². The first-order chi connectivity index (χ1) is 15.6. The average molecular weight is 473 g/mol. The van der Waals surface area contributed by atoms with E-state index in [1.807, 2.05) is 26.0 Å². The summed E-state index contributed by atoms with van der Waals surface area (Å²) in [7, 11) is -1.21. The van der Waals surface area contributed by atoms with Crippen molar-refractivity contribution in [3.63, 3.8) is 0 Å². The van der Waals surface area contributed by atoms with Gasteiger partial charge in [-0.3, -0.25) is 0 Å². The van der Waals surface area contributed by atoms with Crippen LogP contribution in [-0.2, 0) is 23.4 Å². The summed E-state index contributed by atoms with van der Waals surface area (Å²) in [6.45, 7) is 10.2. The highest BCUT2D eigenvalue weighted by molar-refractivity contribution is 6.99. The van der Waals surface area contributed by atoms with Crippen LogP contribution in [0.4, 0.5) is 0 Å². The molecule has 6 nitrogen and oxygen atoms in total. The second-order valence-corrected chi connectivity index (χ2v) is 14.7. The Balaban J connectivity index is 1.75. The molecule has 0 spiro atoms. The minimum atomic E-state index is -2.82. The zero-order valence-electron chi connectivity index (χ0n) is 20.4. The molecular formula is C26H36O6Si. The fraction of sp³-hybridized carbons (Fsp3) is 0.538. The summed E-state index contributed by atoms with van der Waals surface area (Å²) < 4.78 is 31.2. The zero-order chi connectivity index (χ0) is 23.9. The Morgan fingerprint density at radius 2 is 1.45 bits per heavy atom. The van der Waals surface area contributed by atoms with Gasteiger partial charge < -0.3 is 28.5 Å².